The maximum absolute atomic E-state index is 3.66. The van der Waals surface area contributed by atoms with Gasteiger partial charge in [-0.3, -0.25) is 0 Å². The number of nitrogens with zero attached hydrogens (tertiary/aromatic N) is 4. The smallest absolute Gasteiger partial charge is 0.0894 e. The first-order valence-corrected chi connectivity index (χ1v) is 6.12. The zero-order valence-corrected chi connectivity index (χ0v) is 11.5. The highest BCUT2D eigenvalue weighted by Gasteiger charge is 2.04. The number of hydrogen-bond donors (Lipinski definition) is 0. The van der Waals surface area contributed by atoms with E-state index in [1.807, 2.05) is 12.2 Å². The molecule has 0 bridgehead atoms. The zero-order valence-electron chi connectivity index (χ0n) is 11.5. The molecule has 0 unspecified atom stereocenters. The van der Waals surface area contributed by atoms with E-state index >= 15 is 0 Å². The lowest BCUT2D eigenvalue weighted by molar-refractivity contribution is 0.318. The molecule has 100 valence electrons. The van der Waals surface area contributed by atoms with Crippen molar-refractivity contribution in [1.82, 2.24) is 19.6 Å². The Hall–Kier alpha value is -1.84. The summed E-state index contributed by atoms with van der Waals surface area (Å²) >= 11 is 0. The Morgan fingerprint density at radius 2 is 1.22 bits per heavy atom. The molecule has 0 aromatic heterocycles. The molecule has 4 heteroatoms. The topological polar surface area (TPSA) is 13.0 Å². The van der Waals surface area contributed by atoms with Crippen molar-refractivity contribution in [3.8, 4) is 0 Å². The molecular formula is C14H24N4. The minimum atomic E-state index is 0.945. The van der Waals surface area contributed by atoms with Gasteiger partial charge in [-0.25, -0.2) is 0 Å². The normalized spacial score (nSPS) is 17.0. The zero-order chi connectivity index (χ0) is 13.4. The van der Waals surface area contributed by atoms with E-state index in [0.29, 0.717) is 0 Å². The van der Waals surface area contributed by atoms with Crippen LogP contribution in [0.2, 0.25) is 0 Å². The molecule has 2 rings (SSSR count). The lowest BCUT2D eigenvalue weighted by atomic mass is 10.6. The van der Waals surface area contributed by atoms with Crippen molar-refractivity contribution < 1.29 is 0 Å². The summed E-state index contributed by atoms with van der Waals surface area (Å²) in [6.07, 6.45) is 12.1. The van der Waals surface area contributed by atoms with Crippen molar-refractivity contribution in [1.29, 1.82) is 0 Å². The van der Waals surface area contributed by atoms with E-state index in [0.717, 1.165) is 26.4 Å². The predicted octanol–water partition coefficient (Wildman–Crippen LogP) is 1.70. The Morgan fingerprint density at radius 3 is 1.44 bits per heavy atom. The third kappa shape index (κ3) is 4.99. The molecule has 0 amide bonds. The van der Waals surface area contributed by atoms with Crippen LogP contribution in [0, 0.1) is 0 Å². The first-order chi connectivity index (χ1) is 8.65. The maximum atomic E-state index is 3.66. The van der Waals surface area contributed by atoms with Gasteiger partial charge < -0.3 is 19.6 Å². The van der Waals surface area contributed by atoms with Gasteiger partial charge in [0.1, 0.15) is 0 Å². The molecule has 0 saturated carbocycles. The van der Waals surface area contributed by atoms with Crippen LogP contribution in [0.25, 0.3) is 0 Å². The van der Waals surface area contributed by atoms with Gasteiger partial charge in [0, 0.05) is 52.0 Å². The Kier molecular flexibility index (Phi) is 5.91. The summed E-state index contributed by atoms with van der Waals surface area (Å²) < 4.78 is 0. The van der Waals surface area contributed by atoms with E-state index in [1.165, 1.54) is 0 Å². The number of hydrogen-bond acceptors (Lipinski definition) is 4. The third-order valence-electron chi connectivity index (χ3n) is 2.60. The minimum Gasteiger partial charge on any atom is -0.362 e. The summed E-state index contributed by atoms with van der Waals surface area (Å²) in [5, 5.41) is 0. The van der Waals surface area contributed by atoms with Gasteiger partial charge in [-0.05, 0) is 0 Å². The molecule has 0 aromatic rings. The maximum Gasteiger partial charge on any atom is 0.0894 e. The Labute approximate surface area is 111 Å². The third-order valence-corrected chi connectivity index (χ3v) is 2.60. The molecule has 0 aliphatic carbocycles. The standard InChI is InChI=1S/2C7H12N2/c2*1-3-4-9-6-5-8(2)7-9/h2*3,5-6H,1,4,7H2,2H3. The van der Waals surface area contributed by atoms with Crippen LogP contribution in [0.3, 0.4) is 0 Å². The van der Waals surface area contributed by atoms with Crippen molar-refractivity contribution >= 4 is 0 Å². The second kappa shape index (κ2) is 7.48. The average Bonchev–Trinajstić information content (AvgIpc) is 2.90. The molecule has 0 saturated heterocycles. The Bertz CT molecular complexity index is 290. The van der Waals surface area contributed by atoms with Gasteiger partial charge in [-0.15, -0.1) is 13.2 Å². The molecule has 0 fully saturated rings. The fraction of sp³-hybridized carbons (Fsp3) is 0.429. The summed E-state index contributed by atoms with van der Waals surface area (Å²) in [4.78, 5) is 8.63. The molecule has 2 aliphatic rings. The second-order valence-corrected chi connectivity index (χ2v) is 4.51. The van der Waals surface area contributed by atoms with Gasteiger partial charge in [-0.2, -0.15) is 0 Å². The Morgan fingerprint density at radius 1 is 0.833 bits per heavy atom. The molecule has 0 atom stereocenters. The first-order valence-electron chi connectivity index (χ1n) is 6.12. The van der Waals surface area contributed by atoms with Crippen LogP contribution in [-0.2, 0) is 0 Å². The van der Waals surface area contributed by atoms with Crippen LogP contribution in [0.4, 0.5) is 0 Å². The van der Waals surface area contributed by atoms with Gasteiger partial charge in [0.15, 0.2) is 0 Å². The van der Waals surface area contributed by atoms with Crippen molar-refractivity contribution in [3.63, 3.8) is 0 Å². The largest absolute Gasteiger partial charge is 0.362 e. The lowest BCUT2D eigenvalue weighted by Gasteiger charge is -2.15. The molecule has 2 heterocycles. The highest BCUT2D eigenvalue weighted by molar-refractivity contribution is 4.92. The fourth-order valence-electron chi connectivity index (χ4n) is 1.75. The minimum absolute atomic E-state index is 0.945. The molecule has 0 N–H and O–H groups in total. The van der Waals surface area contributed by atoms with E-state index in [4.69, 9.17) is 0 Å². The van der Waals surface area contributed by atoms with Crippen molar-refractivity contribution in [2.75, 3.05) is 40.5 Å². The summed E-state index contributed by atoms with van der Waals surface area (Å²) in [6, 6.07) is 0. The van der Waals surface area contributed by atoms with Gasteiger partial charge in [-0.1, -0.05) is 12.2 Å². The molecule has 0 aromatic carbocycles. The molecule has 2 aliphatic heterocycles. The van der Waals surface area contributed by atoms with Gasteiger partial charge in [0.05, 0.1) is 13.3 Å². The average molecular weight is 248 g/mol. The van der Waals surface area contributed by atoms with Crippen LogP contribution < -0.4 is 0 Å². The van der Waals surface area contributed by atoms with Crippen molar-refractivity contribution in [3.05, 3.63) is 50.1 Å². The molecule has 0 radical (unpaired) electrons. The van der Waals surface area contributed by atoms with E-state index < -0.39 is 0 Å². The van der Waals surface area contributed by atoms with Crippen LogP contribution in [0.5, 0.6) is 0 Å². The van der Waals surface area contributed by atoms with E-state index in [-0.39, 0.29) is 0 Å². The number of rotatable bonds is 4. The molecule has 0 spiro atoms. The second-order valence-electron chi connectivity index (χ2n) is 4.51. The van der Waals surface area contributed by atoms with Crippen LogP contribution >= 0.6 is 0 Å². The summed E-state index contributed by atoms with van der Waals surface area (Å²) in [5.74, 6) is 0. The van der Waals surface area contributed by atoms with Crippen LogP contribution in [-0.4, -0.2) is 60.1 Å². The SMILES string of the molecule is C=CCN1C=CN(C)C1.C=CCN1C=CN(C)C1. The van der Waals surface area contributed by atoms with Gasteiger partial charge >= 0.3 is 0 Å². The lowest BCUT2D eigenvalue weighted by Crippen LogP contribution is -2.22. The first kappa shape index (κ1) is 14.2. The van der Waals surface area contributed by atoms with Crippen LogP contribution in [0.1, 0.15) is 0 Å². The highest BCUT2D eigenvalue weighted by atomic mass is 15.3. The molecular weight excluding hydrogens is 224 g/mol. The monoisotopic (exact) mass is 248 g/mol. The Balaban J connectivity index is 0.000000180. The van der Waals surface area contributed by atoms with Gasteiger partial charge in [0.2, 0.25) is 0 Å². The molecule has 4 nitrogen and oxygen atoms in total. The summed E-state index contributed by atoms with van der Waals surface area (Å²) in [6.45, 7) is 11.2. The van der Waals surface area contributed by atoms with E-state index in [9.17, 15) is 0 Å². The highest BCUT2D eigenvalue weighted by Crippen LogP contribution is 2.02. The van der Waals surface area contributed by atoms with Gasteiger partial charge in [0.25, 0.3) is 0 Å². The fourth-order valence-corrected chi connectivity index (χ4v) is 1.75. The molecule has 18 heavy (non-hydrogen) atoms. The quantitative estimate of drug-likeness (QED) is 0.702. The summed E-state index contributed by atoms with van der Waals surface area (Å²) in [5.41, 5.74) is 0. The van der Waals surface area contributed by atoms with Crippen LogP contribution in [0.15, 0.2) is 50.1 Å². The summed E-state index contributed by atoms with van der Waals surface area (Å²) in [7, 11) is 4.11. The van der Waals surface area contributed by atoms with E-state index in [1.54, 1.807) is 0 Å². The van der Waals surface area contributed by atoms with Crippen molar-refractivity contribution in [2.45, 2.75) is 0 Å². The van der Waals surface area contributed by atoms with E-state index in [2.05, 4.69) is 71.7 Å². The predicted molar refractivity (Wildman–Crippen MR) is 77.3 cm³/mol. The van der Waals surface area contributed by atoms with Crippen molar-refractivity contribution in [2.24, 2.45) is 0 Å².